The molecule has 3 heterocycles. The van der Waals surface area contributed by atoms with E-state index in [1.807, 2.05) is 0 Å². The maximum atomic E-state index is 10.2. The molecular formula is C12H18N6O2. The summed E-state index contributed by atoms with van der Waals surface area (Å²) in [5.41, 5.74) is 6.96. The van der Waals surface area contributed by atoms with Gasteiger partial charge in [-0.3, -0.25) is 4.90 Å². The average Bonchev–Trinajstić information content (AvgIpc) is 2.84. The van der Waals surface area contributed by atoms with Crippen LogP contribution < -0.4 is 5.73 Å². The Bertz CT molecular complexity index is 580. The lowest BCUT2D eigenvalue weighted by molar-refractivity contribution is 0.0117. The van der Waals surface area contributed by atoms with Crippen molar-refractivity contribution in [1.29, 1.82) is 0 Å². The number of nitrogens with zero attached hydrogens (tertiary/aromatic N) is 5. The number of nitrogens with two attached hydrogens (primary N) is 1. The van der Waals surface area contributed by atoms with Crippen LogP contribution in [0.5, 0.6) is 0 Å². The number of ether oxygens (including phenoxy) is 1. The molecule has 0 amide bonds. The van der Waals surface area contributed by atoms with Gasteiger partial charge in [-0.15, -0.1) is 0 Å². The molecule has 0 aromatic carbocycles. The van der Waals surface area contributed by atoms with Gasteiger partial charge in [0.15, 0.2) is 11.5 Å². The fraction of sp³-hybridized carbons (Fsp3) is 0.583. The normalized spacial score (nSPS) is 18.4. The summed E-state index contributed by atoms with van der Waals surface area (Å²) in [5, 5.41) is 10.2. The van der Waals surface area contributed by atoms with Crippen molar-refractivity contribution < 1.29 is 9.84 Å². The van der Waals surface area contributed by atoms with E-state index >= 15 is 0 Å². The Morgan fingerprint density at radius 3 is 2.85 bits per heavy atom. The first-order valence-electron chi connectivity index (χ1n) is 6.63. The Kier molecular flexibility index (Phi) is 3.77. The highest BCUT2D eigenvalue weighted by Gasteiger charge is 2.16. The minimum absolute atomic E-state index is 0.358. The van der Waals surface area contributed by atoms with Gasteiger partial charge in [-0.2, -0.15) is 0 Å². The van der Waals surface area contributed by atoms with E-state index in [0.29, 0.717) is 30.1 Å². The molecule has 0 aliphatic carbocycles. The SMILES string of the molecule is Nc1ncnc2c1ncn2C[C@H](O)CN1CCOCC1. The number of imidazole rings is 1. The van der Waals surface area contributed by atoms with E-state index in [-0.39, 0.29) is 0 Å². The molecule has 0 bridgehead atoms. The molecular weight excluding hydrogens is 260 g/mol. The number of rotatable bonds is 4. The van der Waals surface area contributed by atoms with Crippen LogP contribution in [0.3, 0.4) is 0 Å². The fourth-order valence-electron chi connectivity index (χ4n) is 2.40. The Labute approximate surface area is 116 Å². The van der Waals surface area contributed by atoms with Crippen LogP contribution in [0.4, 0.5) is 5.82 Å². The summed E-state index contributed by atoms with van der Waals surface area (Å²) in [4.78, 5) is 14.4. The van der Waals surface area contributed by atoms with Gasteiger partial charge in [0.25, 0.3) is 0 Å². The Morgan fingerprint density at radius 2 is 2.05 bits per heavy atom. The molecule has 1 saturated heterocycles. The molecule has 1 aliphatic heterocycles. The standard InChI is InChI=1S/C12H18N6O2/c13-11-10-12(15-7-14-11)18(8-16-10)6-9(19)5-17-1-3-20-4-2-17/h7-9,19H,1-6H2,(H2,13,14,15)/t9-/m1/s1. The van der Waals surface area contributed by atoms with Crippen LogP contribution in [0.1, 0.15) is 0 Å². The summed E-state index contributed by atoms with van der Waals surface area (Å²) < 4.78 is 7.09. The van der Waals surface area contributed by atoms with E-state index in [2.05, 4.69) is 19.9 Å². The first kappa shape index (κ1) is 13.2. The first-order valence-corrected chi connectivity index (χ1v) is 6.63. The van der Waals surface area contributed by atoms with Crippen molar-refractivity contribution >= 4 is 17.0 Å². The van der Waals surface area contributed by atoms with Crippen molar-refractivity contribution in [2.45, 2.75) is 12.6 Å². The number of hydrogen-bond donors (Lipinski definition) is 2. The van der Waals surface area contributed by atoms with Crippen molar-refractivity contribution in [1.82, 2.24) is 24.4 Å². The number of aliphatic hydroxyl groups is 1. The molecule has 108 valence electrons. The van der Waals surface area contributed by atoms with Gasteiger partial charge in [0.2, 0.25) is 0 Å². The predicted octanol–water partition coefficient (Wildman–Crippen LogP) is -0.898. The summed E-state index contributed by atoms with van der Waals surface area (Å²) in [7, 11) is 0. The van der Waals surface area contributed by atoms with Gasteiger partial charge < -0.3 is 20.1 Å². The van der Waals surface area contributed by atoms with Gasteiger partial charge in [-0.1, -0.05) is 0 Å². The highest BCUT2D eigenvalue weighted by atomic mass is 16.5. The lowest BCUT2D eigenvalue weighted by Gasteiger charge is -2.28. The highest BCUT2D eigenvalue weighted by Crippen LogP contribution is 2.14. The topological polar surface area (TPSA) is 102 Å². The summed E-state index contributed by atoms with van der Waals surface area (Å²) in [6.07, 6.45) is 2.56. The molecule has 1 fully saturated rings. The largest absolute Gasteiger partial charge is 0.390 e. The van der Waals surface area contributed by atoms with Crippen LogP contribution in [-0.2, 0) is 11.3 Å². The Balaban J connectivity index is 1.68. The van der Waals surface area contributed by atoms with Crippen LogP contribution in [0.25, 0.3) is 11.2 Å². The van der Waals surface area contributed by atoms with Crippen LogP contribution >= 0.6 is 0 Å². The second kappa shape index (κ2) is 5.70. The molecule has 1 aliphatic rings. The van der Waals surface area contributed by atoms with Crippen LogP contribution in [0, 0.1) is 0 Å². The van der Waals surface area contributed by atoms with Gasteiger partial charge in [-0.05, 0) is 0 Å². The lowest BCUT2D eigenvalue weighted by Crippen LogP contribution is -2.41. The predicted molar refractivity (Wildman–Crippen MR) is 73.0 cm³/mol. The van der Waals surface area contributed by atoms with Gasteiger partial charge in [0, 0.05) is 19.6 Å². The minimum Gasteiger partial charge on any atom is -0.390 e. The highest BCUT2D eigenvalue weighted by molar-refractivity contribution is 5.81. The smallest absolute Gasteiger partial charge is 0.165 e. The van der Waals surface area contributed by atoms with Gasteiger partial charge in [-0.25, -0.2) is 15.0 Å². The number of nitrogen functional groups attached to an aromatic ring is 1. The lowest BCUT2D eigenvalue weighted by atomic mass is 10.3. The van der Waals surface area contributed by atoms with Gasteiger partial charge in [0.05, 0.1) is 32.2 Å². The third kappa shape index (κ3) is 2.72. The third-order valence-electron chi connectivity index (χ3n) is 3.41. The maximum absolute atomic E-state index is 10.2. The van der Waals surface area contributed by atoms with E-state index in [4.69, 9.17) is 10.5 Å². The number of fused-ring (bicyclic) bond motifs is 1. The number of β-amino-alcohol motifs (C(OH)–C–C–N with tert-alkyl or cyclic N) is 1. The number of aromatic nitrogens is 4. The molecule has 0 spiro atoms. The second-order valence-electron chi connectivity index (χ2n) is 4.89. The summed E-state index contributed by atoms with van der Waals surface area (Å²) in [6, 6.07) is 0. The number of anilines is 1. The van der Waals surface area contributed by atoms with E-state index in [1.165, 1.54) is 6.33 Å². The van der Waals surface area contributed by atoms with Crippen molar-refractivity contribution in [2.75, 3.05) is 38.6 Å². The summed E-state index contributed by atoms with van der Waals surface area (Å²) in [5.74, 6) is 0.358. The van der Waals surface area contributed by atoms with E-state index in [1.54, 1.807) is 10.9 Å². The van der Waals surface area contributed by atoms with Crippen LogP contribution in [0.2, 0.25) is 0 Å². The Hall–Kier alpha value is -1.77. The van der Waals surface area contributed by atoms with Crippen LogP contribution in [0.15, 0.2) is 12.7 Å². The molecule has 3 N–H and O–H groups in total. The quantitative estimate of drug-likeness (QED) is 0.747. The molecule has 8 heteroatoms. The third-order valence-corrected chi connectivity index (χ3v) is 3.41. The maximum Gasteiger partial charge on any atom is 0.165 e. The van der Waals surface area contributed by atoms with Gasteiger partial charge >= 0.3 is 0 Å². The van der Waals surface area contributed by atoms with E-state index in [9.17, 15) is 5.11 Å². The first-order chi connectivity index (χ1) is 9.74. The number of hydrogen-bond acceptors (Lipinski definition) is 7. The van der Waals surface area contributed by atoms with Crippen molar-refractivity contribution in [3.63, 3.8) is 0 Å². The molecule has 2 aromatic heterocycles. The number of morpholine rings is 1. The molecule has 8 nitrogen and oxygen atoms in total. The Morgan fingerprint density at radius 1 is 1.25 bits per heavy atom. The molecule has 0 saturated carbocycles. The zero-order valence-corrected chi connectivity index (χ0v) is 11.1. The van der Waals surface area contributed by atoms with Crippen molar-refractivity contribution in [3.8, 4) is 0 Å². The molecule has 3 rings (SSSR count). The zero-order chi connectivity index (χ0) is 13.9. The molecule has 0 unspecified atom stereocenters. The molecule has 2 aromatic rings. The van der Waals surface area contributed by atoms with Crippen LogP contribution in [-0.4, -0.2) is 68.5 Å². The van der Waals surface area contributed by atoms with Gasteiger partial charge in [0.1, 0.15) is 11.8 Å². The molecule has 1 atom stereocenters. The van der Waals surface area contributed by atoms with E-state index < -0.39 is 6.10 Å². The van der Waals surface area contributed by atoms with E-state index in [0.717, 1.165) is 26.3 Å². The fourth-order valence-corrected chi connectivity index (χ4v) is 2.40. The molecule has 20 heavy (non-hydrogen) atoms. The van der Waals surface area contributed by atoms with Crippen molar-refractivity contribution in [2.24, 2.45) is 0 Å². The summed E-state index contributed by atoms with van der Waals surface area (Å²) >= 11 is 0. The second-order valence-corrected chi connectivity index (χ2v) is 4.89. The van der Waals surface area contributed by atoms with Crippen molar-refractivity contribution in [3.05, 3.63) is 12.7 Å². The minimum atomic E-state index is -0.485. The average molecular weight is 278 g/mol. The molecule has 0 radical (unpaired) electrons. The number of aliphatic hydroxyl groups excluding tert-OH is 1. The monoisotopic (exact) mass is 278 g/mol. The zero-order valence-electron chi connectivity index (χ0n) is 11.1. The summed E-state index contributed by atoms with van der Waals surface area (Å²) in [6.45, 7) is 4.22.